The highest BCUT2D eigenvalue weighted by Gasteiger charge is 2.26. The Labute approximate surface area is 128 Å². The first-order valence-electron chi connectivity index (χ1n) is 7.08. The molecular weight excluding hydrogens is 286 g/mol. The average Bonchev–Trinajstić information content (AvgIpc) is 2.92. The summed E-state index contributed by atoms with van der Waals surface area (Å²) in [5.74, 6) is -0.0604. The van der Waals surface area contributed by atoms with Crippen LogP contribution in [0.15, 0.2) is 34.9 Å². The predicted molar refractivity (Wildman–Crippen MR) is 78.1 cm³/mol. The van der Waals surface area contributed by atoms with Crippen LogP contribution in [0, 0.1) is 0 Å². The van der Waals surface area contributed by atoms with Gasteiger partial charge in [-0.05, 0) is 23.7 Å². The molecule has 0 radical (unpaired) electrons. The van der Waals surface area contributed by atoms with E-state index in [1.165, 1.54) is 0 Å². The molecule has 0 atom stereocenters. The van der Waals surface area contributed by atoms with Gasteiger partial charge in [0.1, 0.15) is 12.0 Å². The SMILES string of the molecule is CCCCOc1noc(CC=O)c1C(=O)Oc1ccccc1. The first-order valence-corrected chi connectivity index (χ1v) is 7.08. The monoisotopic (exact) mass is 303 g/mol. The molecule has 0 aliphatic carbocycles. The van der Waals surface area contributed by atoms with Gasteiger partial charge in [0, 0.05) is 0 Å². The van der Waals surface area contributed by atoms with E-state index in [1.54, 1.807) is 24.3 Å². The predicted octanol–water partition coefficient (Wildman–Crippen LogP) is 2.81. The fourth-order valence-corrected chi connectivity index (χ4v) is 1.78. The third-order valence-corrected chi connectivity index (χ3v) is 2.89. The van der Waals surface area contributed by atoms with Gasteiger partial charge in [-0.25, -0.2) is 4.79 Å². The number of hydrogen-bond acceptors (Lipinski definition) is 6. The Bertz CT molecular complexity index is 621. The second-order valence-electron chi connectivity index (χ2n) is 4.56. The van der Waals surface area contributed by atoms with E-state index in [9.17, 15) is 9.59 Å². The van der Waals surface area contributed by atoms with E-state index in [1.807, 2.05) is 13.0 Å². The van der Waals surface area contributed by atoms with Crippen LogP contribution in [-0.2, 0) is 11.2 Å². The van der Waals surface area contributed by atoms with Gasteiger partial charge in [-0.15, -0.1) is 0 Å². The highest BCUT2D eigenvalue weighted by Crippen LogP contribution is 2.24. The standard InChI is InChI=1S/C16H17NO5/c1-2-3-11-20-15-14(13(9-10-18)22-17-15)16(19)21-12-7-5-4-6-8-12/h4-8,10H,2-3,9,11H2,1H3. The fourth-order valence-electron chi connectivity index (χ4n) is 1.78. The Morgan fingerprint density at radius 3 is 2.77 bits per heavy atom. The summed E-state index contributed by atoms with van der Waals surface area (Å²) in [5.41, 5.74) is 0.0621. The number of aromatic nitrogens is 1. The topological polar surface area (TPSA) is 78.6 Å². The van der Waals surface area contributed by atoms with Crippen LogP contribution in [0.25, 0.3) is 0 Å². The fraction of sp³-hybridized carbons (Fsp3) is 0.312. The number of carbonyl (C=O) groups is 2. The van der Waals surface area contributed by atoms with Crippen LogP contribution in [-0.4, -0.2) is 24.0 Å². The van der Waals surface area contributed by atoms with Crippen molar-refractivity contribution in [2.24, 2.45) is 0 Å². The molecule has 0 aliphatic rings. The summed E-state index contributed by atoms with van der Waals surface area (Å²) >= 11 is 0. The minimum Gasteiger partial charge on any atom is -0.475 e. The van der Waals surface area contributed by atoms with Crippen molar-refractivity contribution in [1.29, 1.82) is 0 Å². The van der Waals surface area contributed by atoms with E-state index in [2.05, 4.69) is 5.16 Å². The first kappa shape index (κ1) is 15.8. The van der Waals surface area contributed by atoms with E-state index in [4.69, 9.17) is 14.0 Å². The van der Waals surface area contributed by atoms with Crippen LogP contribution in [0.4, 0.5) is 0 Å². The van der Waals surface area contributed by atoms with Crippen LogP contribution < -0.4 is 9.47 Å². The summed E-state index contributed by atoms with van der Waals surface area (Å²) in [6.45, 7) is 2.43. The summed E-state index contributed by atoms with van der Waals surface area (Å²) in [6, 6.07) is 8.63. The summed E-state index contributed by atoms with van der Waals surface area (Å²) in [7, 11) is 0. The lowest BCUT2D eigenvalue weighted by molar-refractivity contribution is -0.107. The van der Waals surface area contributed by atoms with E-state index >= 15 is 0 Å². The van der Waals surface area contributed by atoms with Gasteiger partial charge in [-0.2, -0.15) is 0 Å². The van der Waals surface area contributed by atoms with Crippen LogP contribution in [0.2, 0.25) is 0 Å². The van der Waals surface area contributed by atoms with Crippen LogP contribution in [0.3, 0.4) is 0 Å². The van der Waals surface area contributed by atoms with Crippen molar-refractivity contribution in [3.05, 3.63) is 41.7 Å². The van der Waals surface area contributed by atoms with Gasteiger partial charge in [0.15, 0.2) is 11.3 Å². The molecule has 0 fully saturated rings. The van der Waals surface area contributed by atoms with Gasteiger partial charge in [0.2, 0.25) is 0 Å². The highest BCUT2D eigenvalue weighted by atomic mass is 16.6. The van der Waals surface area contributed by atoms with Crippen molar-refractivity contribution < 1.29 is 23.6 Å². The van der Waals surface area contributed by atoms with Gasteiger partial charge < -0.3 is 18.8 Å². The Kier molecular flexibility index (Phi) is 5.71. The minimum atomic E-state index is -0.657. The number of hydrogen-bond donors (Lipinski definition) is 0. The normalized spacial score (nSPS) is 10.2. The quantitative estimate of drug-likeness (QED) is 0.323. The number of para-hydroxylation sites is 1. The van der Waals surface area contributed by atoms with Crippen molar-refractivity contribution in [3.8, 4) is 11.6 Å². The Morgan fingerprint density at radius 1 is 1.32 bits per heavy atom. The molecule has 0 spiro atoms. The molecule has 6 heteroatoms. The zero-order valence-corrected chi connectivity index (χ0v) is 12.3. The first-order chi connectivity index (χ1) is 10.8. The Hall–Kier alpha value is -2.63. The summed E-state index contributed by atoms with van der Waals surface area (Å²) in [5, 5.41) is 3.71. The number of aldehydes is 1. The van der Waals surface area contributed by atoms with Crippen molar-refractivity contribution in [1.82, 2.24) is 5.16 Å². The van der Waals surface area contributed by atoms with E-state index in [-0.39, 0.29) is 23.6 Å². The molecule has 0 N–H and O–H groups in total. The van der Waals surface area contributed by atoms with Gasteiger partial charge in [-0.1, -0.05) is 31.5 Å². The molecule has 0 unspecified atom stereocenters. The van der Waals surface area contributed by atoms with Crippen molar-refractivity contribution in [2.45, 2.75) is 26.2 Å². The molecule has 0 saturated heterocycles. The number of benzene rings is 1. The molecule has 1 aromatic carbocycles. The number of carbonyl (C=O) groups excluding carboxylic acids is 2. The summed E-state index contributed by atoms with van der Waals surface area (Å²) in [4.78, 5) is 23.0. The van der Waals surface area contributed by atoms with Gasteiger partial charge in [0.25, 0.3) is 5.88 Å². The molecule has 22 heavy (non-hydrogen) atoms. The average molecular weight is 303 g/mol. The maximum Gasteiger partial charge on any atom is 0.352 e. The van der Waals surface area contributed by atoms with E-state index in [0.29, 0.717) is 18.6 Å². The molecule has 0 saturated carbocycles. The van der Waals surface area contributed by atoms with Crippen LogP contribution in [0.5, 0.6) is 11.6 Å². The van der Waals surface area contributed by atoms with Crippen LogP contribution >= 0.6 is 0 Å². The Morgan fingerprint density at radius 2 is 2.09 bits per heavy atom. The zero-order valence-electron chi connectivity index (χ0n) is 12.3. The lowest BCUT2D eigenvalue weighted by Gasteiger charge is -2.06. The second-order valence-corrected chi connectivity index (χ2v) is 4.56. The number of nitrogens with zero attached hydrogens (tertiary/aromatic N) is 1. The minimum absolute atomic E-state index is 0.0613. The molecular formula is C16H17NO5. The second kappa shape index (κ2) is 7.97. The van der Waals surface area contributed by atoms with Crippen molar-refractivity contribution in [2.75, 3.05) is 6.61 Å². The molecule has 0 aliphatic heterocycles. The molecule has 6 nitrogen and oxygen atoms in total. The van der Waals surface area contributed by atoms with Gasteiger partial charge in [-0.3, -0.25) is 0 Å². The third kappa shape index (κ3) is 3.94. The van der Waals surface area contributed by atoms with Gasteiger partial charge >= 0.3 is 5.97 Å². The Balaban J connectivity index is 2.19. The molecule has 2 rings (SSSR count). The van der Waals surface area contributed by atoms with Crippen molar-refractivity contribution in [3.63, 3.8) is 0 Å². The molecule has 1 aromatic heterocycles. The van der Waals surface area contributed by atoms with E-state index < -0.39 is 5.97 Å². The molecule has 1 heterocycles. The number of ether oxygens (including phenoxy) is 2. The molecule has 116 valence electrons. The van der Waals surface area contributed by atoms with Gasteiger partial charge in [0.05, 0.1) is 13.0 Å². The summed E-state index contributed by atoms with van der Waals surface area (Å²) in [6.07, 6.45) is 2.34. The lowest BCUT2D eigenvalue weighted by Crippen LogP contribution is -2.12. The molecule has 2 aromatic rings. The number of unbranched alkanes of at least 4 members (excludes halogenated alkanes) is 1. The maximum absolute atomic E-state index is 12.3. The number of rotatable bonds is 8. The van der Waals surface area contributed by atoms with Crippen molar-refractivity contribution >= 4 is 12.3 Å². The zero-order chi connectivity index (χ0) is 15.8. The molecule has 0 amide bonds. The highest BCUT2D eigenvalue weighted by molar-refractivity contribution is 5.95. The van der Waals surface area contributed by atoms with Crippen LogP contribution in [0.1, 0.15) is 35.9 Å². The molecule has 0 bridgehead atoms. The van der Waals surface area contributed by atoms with E-state index in [0.717, 1.165) is 12.8 Å². The summed E-state index contributed by atoms with van der Waals surface area (Å²) < 4.78 is 15.7. The maximum atomic E-state index is 12.3. The largest absolute Gasteiger partial charge is 0.475 e. The third-order valence-electron chi connectivity index (χ3n) is 2.89. The number of esters is 1. The lowest BCUT2D eigenvalue weighted by atomic mass is 10.2. The smallest absolute Gasteiger partial charge is 0.352 e.